The fraction of sp³-hybridized carbons (Fsp3) is 0.192. The molecule has 0 aliphatic carbocycles. The summed E-state index contributed by atoms with van der Waals surface area (Å²) in [7, 11) is 0. The van der Waals surface area contributed by atoms with Crippen LogP contribution in [0.2, 0.25) is 0 Å². The van der Waals surface area contributed by atoms with E-state index in [0.717, 1.165) is 11.6 Å². The molecule has 1 unspecified atom stereocenters. The Morgan fingerprint density at radius 1 is 0.974 bits per heavy atom. The van der Waals surface area contributed by atoms with Gasteiger partial charge in [-0.15, -0.1) is 0 Å². The largest absolute Gasteiger partial charge is 0.378 e. The number of morpholine rings is 1. The van der Waals surface area contributed by atoms with Crippen LogP contribution in [0.5, 0.6) is 0 Å². The molecule has 3 aromatic rings. The maximum absolute atomic E-state index is 13.8. The normalized spacial score (nSPS) is 16.9. The number of rotatable bonds is 4. The van der Waals surface area contributed by atoms with Crippen molar-refractivity contribution in [3.63, 3.8) is 0 Å². The Balaban J connectivity index is 1.31. The van der Waals surface area contributed by atoms with Gasteiger partial charge in [0, 0.05) is 24.2 Å². The Hall–Kier alpha value is -4.84. The highest BCUT2D eigenvalue weighted by molar-refractivity contribution is 6.19. The minimum absolute atomic E-state index is 0.0700. The average molecular weight is 518 g/mol. The zero-order valence-corrected chi connectivity index (χ0v) is 20.1. The third-order valence-electron chi connectivity index (χ3n) is 5.95. The van der Waals surface area contributed by atoms with E-state index in [2.05, 4.69) is 31.5 Å². The third kappa shape index (κ3) is 5.44. The summed E-state index contributed by atoms with van der Waals surface area (Å²) in [5.74, 6) is -1.85. The second kappa shape index (κ2) is 11.0. The number of hydrazine groups is 1. The number of benzodiazepines with no additional fused rings is 1. The zero-order chi connectivity index (χ0) is 26.5. The van der Waals surface area contributed by atoms with Gasteiger partial charge in [-0.1, -0.05) is 48.5 Å². The molecular formula is C26H24FN7O4. The van der Waals surface area contributed by atoms with Crippen molar-refractivity contribution in [1.29, 1.82) is 0 Å². The van der Waals surface area contributed by atoms with Crippen LogP contribution in [0.1, 0.15) is 21.5 Å². The van der Waals surface area contributed by atoms with Crippen LogP contribution in [-0.4, -0.2) is 61.0 Å². The first kappa shape index (κ1) is 24.8. The SMILES string of the molecule is O=C(NNC(=O)c1ccc(F)nc1N1CCOCC1)NC1N=C(c2ccccc2)c2ccccc2NC1=O. The first-order valence-electron chi connectivity index (χ1n) is 11.9. The Bertz CT molecular complexity index is 1390. The molecule has 1 atom stereocenters. The van der Waals surface area contributed by atoms with Crippen molar-refractivity contribution in [3.05, 3.63) is 89.4 Å². The summed E-state index contributed by atoms with van der Waals surface area (Å²) >= 11 is 0. The van der Waals surface area contributed by atoms with E-state index in [-0.39, 0.29) is 11.4 Å². The predicted octanol–water partition coefficient (Wildman–Crippen LogP) is 1.82. The van der Waals surface area contributed by atoms with Crippen LogP contribution in [-0.2, 0) is 9.53 Å². The molecule has 4 N–H and O–H groups in total. The van der Waals surface area contributed by atoms with E-state index in [1.165, 1.54) is 6.07 Å². The molecule has 1 fully saturated rings. The van der Waals surface area contributed by atoms with Crippen LogP contribution in [0, 0.1) is 5.95 Å². The average Bonchev–Trinajstić information content (AvgIpc) is 3.08. The Morgan fingerprint density at radius 2 is 1.71 bits per heavy atom. The highest BCUT2D eigenvalue weighted by atomic mass is 19.1. The number of nitrogens with zero attached hydrogens (tertiary/aromatic N) is 3. The summed E-state index contributed by atoms with van der Waals surface area (Å²) in [5, 5.41) is 5.24. The van der Waals surface area contributed by atoms with Gasteiger partial charge in [0.1, 0.15) is 5.82 Å². The summed E-state index contributed by atoms with van der Waals surface area (Å²) in [4.78, 5) is 48.5. The maximum Gasteiger partial charge on any atom is 0.335 e. The Kier molecular flexibility index (Phi) is 7.22. The highest BCUT2D eigenvalue weighted by Crippen LogP contribution is 2.24. The molecule has 12 heteroatoms. The molecule has 4 amide bonds. The molecule has 194 valence electrons. The summed E-state index contributed by atoms with van der Waals surface area (Å²) in [6.45, 7) is 1.70. The summed E-state index contributed by atoms with van der Waals surface area (Å²) in [6, 6.07) is 17.9. The van der Waals surface area contributed by atoms with Crippen molar-refractivity contribution >= 4 is 35.1 Å². The minimum Gasteiger partial charge on any atom is -0.378 e. The number of hydrogen-bond donors (Lipinski definition) is 4. The lowest BCUT2D eigenvalue weighted by atomic mass is 10.0. The number of halogens is 1. The van der Waals surface area contributed by atoms with Crippen molar-refractivity contribution in [1.82, 2.24) is 21.2 Å². The molecule has 1 saturated heterocycles. The number of anilines is 2. The molecular weight excluding hydrogens is 493 g/mol. The molecule has 38 heavy (non-hydrogen) atoms. The monoisotopic (exact) mass is 517 g/mol. The van der Waals surface area contributed by atoms with Crippen molar-refractivity contribution in [2.24, 2.45) is 4.99 Å². The van der Waals surface area contributed by atoms with Gasteiger partial charge in [0.25, 0.3) is 11.8 Å². The van der Waals surface area contributed by atoms with E-state index in [0.29, 0.717) is 43.3 Å². The van der Waals surface area contributed by atoms with E-state index >= 15 is 0 Å². The molecule has 2 aliphatic heterocycles. The van der Waals surface area contributed by atoms with Crippen LogP contribution in [0.15, 0.2) is 71.7 Å². The summed E-state index contributed by atoms with van der Waals surface area (Å²) in [5.41, 5.74) is 7.10. The number of amides is 4. The van der Waals surface area contributed by atoms with Crippen molar-refractivity contribution in [2.75, 3.05) is 36.5 Å². The maximum atomic E-state index is 13.8. The first-order chi connectivity index (χ1) is 18.5. The number of benzene rings is 2. The summed E-state index contributed by atoms with van der Waals surface area (Å²) < 4.78 is 19.1. The molecule has 5 rings (SSSR count). The Labute approximate surface area is 217 Å². The highest BCUT2D eigenvalue weighted by Gasteiger charge is 2.27. The first-order valence-corrected chi connectivity index (χ1v) is 11.9. The lowest BCUT2D eigenvalue weighted by Gasteiger charge is -2.29. The van der Waals surface area contributed by atoms with Gasteiger partial charge in [-0.3, -0.25) is 15.0 Å². The molecule has 0 radical (unpaired) electrons. The van der Waals surface area contributed by atoms with Crippen molar-refractivity contribution in [3.8, 4) is 0 Å². The fourth-order valence-electron chi connectivity index (χ4n) is 4.14. The number of aliphatic imine (C=N–C) groups is 1. The lowest BCUT2D eigenvalue weighted by Crippen LogP contribution is -2.52. The smallest absolute Gasteiger partial charge is 0.335 e. The van der Waals surface area contributed by atoms with Crippen LogP contribution in [0.25, 0.3) is 0 Å². The van der Waals surface area contributed by atoms with Gasteiger partial charge in [-0.2, -0.15) is 4.39 Å². The quantitative estimate of drug-likeness (QED) is 0.308. The zero-order valence-electron chi connectivity index (χ0n) is 20.1. The van der Waals surface area contributed by atoms with E-state index in [1.54, 1.807) is 17.0 Å². The topological polar surface area (TPSA) is 137 Å². The number of aromatic nitrogens is 1. The Morgan fingerprint density at radius 3 is 2.50 bits per heavy atom. The van der Waals surface area contributed by atoms with Crippen molar-refractivity contribution < 1.29 is 23.5 Å². The van der Waals surface area contributed by atoms with Crippen LogP contribution in [0.3, 0.4) is 0 Å². The molecule has 2 aromatic carbocycles. The number of hydrogen-bond acceptors (Lipinski definition) is 7. The second-order valence-electron chi connectivity index (χ2n) is 8.44. The molecule has 1 aromatic heterocycles. The van der Waals surface area contributed by atoms with Crippen LogP contribution >= 0.6 is 0 Å². The second-order valence-corrected chi connectivity index (χ2v) is 8.44. The van der Waals surface area contributed by atoms with Gasteiger partial charge < -0.3 is 20.3 Å². The number of nitrogens with one attached hydrogen (secondary N) is 4. The molecule has 11 nitrogen and oxygen atoms in total. The van der Waals surface area contributed by atoms with Gasteiger partial charge in [0.2, 0.25) is 12.1 Å². The van der Waals surface area contributed by atoms with Gasteiger partial charge in [0.05, 0.1) is 30.2 Å². The lowest BCUT2D eigenvalue weighted by molar-refractivity contribution is -0.117. The number of carbonyl (C=O) groups is 3. The van der Waals surface area contributed by atoms with Crippen LogP contribution in [0.4, 0.5) is 20.7 Å². The van der Waals surface area contributed by atoms with E-state index in [9.17, 15) is 18.8 Å². The minimum atomic E-state index is -1.29. The van der Waals surface area contributed by atoms with Gasteiger partial charge in [-0.25, -0.2) is 20.2 Å². The third-order valence-corrected chi connectivity index (χ3v) is 5.95. The number of carbonyl (C=O) groups excluding carboxylic acids is 3. The van der Waals surface area contributed by atoms with Gasteiger partial charge >= 0.3 is 6.03 Å². The van der Waals surface area contributed by atoms with Crippen LogP contribution < -0.4 is 26.4 Å². The number of para-hydroxylation sites is 1. The number of fused-ring (bicyclic) bond motifs is 1. The molecule has 2 aliphatic rings. The van der Waals surface area contributed by atoms with Gasteiger partial charge in [0.15, 0.2) is 0 Å². The van der Waals surface area contributed by atoms with E-state index in [1.807, 2.05) is 42.5 Å². The fourth-order valence-corrected chi connectivity index (χ4v) is 4.14. The van der Waals surface area contributed by atoms with E-state index in [4.69, 9.17) is 4.74 Å². The number of ether oxygens (including phenoxy) is 1. The summed E-state index contributed by atoms with van der Waals surface area (Å²) in [6.07, 6.45) is -1.29. The number of pyridine rings is 1. The standard InChI is InChI=1S/C26H24FN7O4/c27-20-11-10-18(23(29-20)34-12-14-38-15-13-34)24(35)32-33-26(37)31-22-25(36)28-19-9-5-4-8-17(19)21(30-22)16-6-2-1-3-7-16/h1-11,22H,12-15H2,(H,28,36)(H,32,35)(H2,31,33,37). The van der Waals surface area contributed by atoms with Crippen molar-refractivity contribution in [2.45, 2.75) is 6.17 Å². The van der Waals surface area contributed by atoms with E-state index < -0.39 is 30.0 Å². The predicted molar refractivity (Wildman–Crippen MR) is 137 cm³/mol. The molecule has 0 saturated carbocycles. The van der Waals surface area contributed by atoms with Gasteiger partial charge in [-0.05, 0) is 18.2 Å². The molecule has 0 spiro atoms. The molecule has 0 bridgehead atoms. The number of urea groups is 1. The molecule has 3 heterocycles.